The molecule has 0 amide bonds. The van der Waals surface area contributed by atoms with E-state index in [4.69, 9.17) is 23.5 Å². The summed E-state index contributed by atoms with van der Waals surface area (Å²) in [5, 5.41) is 4.04. The van der Waals surface area contributed by atoms with Gasteiger partial charge in [0.25, 0.3) is 0 Å². The van der Waals surface area contributed by atoms with E-state index in [1.165, 1.54) is 0 Å². The van der Waals surface area contributed by atoms with Gasteiger partial charge in [-0.2, -0.15) is 4.98 Å². The third kappa shape index (κ3) is 5.10. The maximum atomic E-state index is 5.70. The molecule has 1 aromatic heterocycles. The maximum absolute atomic E-state index is 5.70. The fraction of sp³-hybridized carbons (Fsp3) is 0.300. The van der Waals surface area contributed by atoms with Crippen LogP contribution in [-0.4, -0.2) is 43.8 Å². The molecule has 148 valence electrons. The van der Waals surface area contributed by atoms with Crippen LogP contribution in [0.5, 0.6) is 23.0 Å². The Balaban J connectivity index is 1.47. The molecule has 3 rings (SSSR count). The van der Waals surface area contributed by atoms with E-state index in [9.17, 15) is 0 Å². The Labute approximate surface area is 167 Å². The molecule has 8 heteroatoms. The number of methoxy groups -OCH3 is 3. The minimum atomic E-state index is 0.519. The topological polar surface area (TPSA) is 75.8 Å². The number of aromatic nitrogens is 2. The first-order valence-electron chi connectivity index (χ1n) is 8.63. The number of hydrogen-bond acceptors (Lipinski definition) is 8. The minimum absolute atomic E-state index is 0.519. The van der Waals surface area contributed by atoms with Crippen molar-refractivity contribution < 1.29 is 23.5 Å². The van der Waals surface area contributed by atoms with Crippen molar-refractivity contribution in [2.24, 2.45) is 0 Å². The Morgan fingerprint density at radius 1 is 0.893 bits per heavy atom. The van der Waals surface area contributed by atoms with Gasteiger partial charge in [0.05, 0.1) is 33.7 Å². The van der Waals surface area contributed by atoms with Gasteiger partial charge < -0.3 is 23.5 Å². The lowest BCUT2D eigenvalue weighted by atomic mass is 10.2. The Morgan fingerprint density at radius 3 is 2.36 bits per heavy atom. The van der Waals surface area contributed by atoms with Crippen LogP contribution in [0.15, 0.2) is 47.0 Å². The summed E-state index contributed by atoms with van der Waals surface area (Å²) in [6.45, 7) is 0.591. The first-order chi connectivity index (χ1) is 13.7. The standard InChI is InChI=1S/C20H22N2O5S/c1-23-15-5-7-16(8-6-15)26-10-11-28-13-19-21-20(22-27-19)14-4-9-17(24-2)18(12-14)25-3/h4-9,12H,10-11,13H2,1-3H3. The molecule has 28 heavy (non-hydrogen) atoms. The maximum Gasteiger partial charge on any atom is 0.236 e. The average Bonchev–Trinajstić information content (AvgIpc) is 3.22. The van der Waals surface area contributed by atoms with E-state index >= 15 is 0 Å². The molecular weight excluding hydrogens is 380 g/mol. The van der Waals surface area contributed by atoms with Crippen molar-refractivity contribution in [3.63, 3.8) is 0 Å². The summed E-state index contributed by atoms with van der Waals surface area (Å²) in [4.78, 5) is 4.44. The zero-order valence-electron chi connectivity index (χ0n) is 16.0. The van der Waals surface area contributed by atoms with Crippen molar-refractivity contribution in [1.29, 1.82) is 0 Å². The third-order valence-corrected chi connectivity index (χ3v) is 4.80. The van der Waals surface area contributed by atoms with Crippen molar-refractivity contribution in [2.45, 2.75) is 5.75 Å². The first-order valence-corrected chi connectivity index (χ1v) is 9.78. The molecule has 0 aliphatic carbocycles. The fourth-order valence-corrected chi connectivity index (χ4v) is 3.09. The Kier molecular flexibility index (Phi) is 7.02. The molecule has 0 fully saturated rings. The van der Waals surface area contributed by atoms with Gasteiger partial charge in [-0.05, 0) is 42.5 Å². The Morgan fingerprint density at radius 2 is 1.64 bits per heavy atom. The van der Waals surface area contributed by atoms with E-state index in [0.717, 1.165) is 22.8 Å². The third-order valence-electron chi connectivity index (χ3n) is 3.89. The molecular formula is C20H22N2O5S. The lowest BCUT2D eigenvalue weighted by Gasteiger charge is -2.07. The van der Waals surface area contributed by atoms with Gasteiger partial charge >= 0.3 is 0 Å². The average molecular weight is 402 g/mol. The van der Waals surface area contributed by atoms with Crippen LogP contribution in [0.2, 0.25) is 0 Å². The van der Waals surface area contributed by atoms with Gasteiger partial charge in [-0.3, -0.25) is 0 Å². The van der Waals surface area contributed by atoms with Crippen LogP contribution in [0, 0.1) is 0 Å². The molecule has 0 unspecified atom stereocenters. The molecule has 0 aliphatic heterocycles. The number of rotatable bonds is 10. The van der Waals surface area contributed by atoms with Crippen molar-refractivity contribution in [3.05, 3.63) is 48.4 Å². The van der Waals surface area contributed by atoms with Gasteiger partial charge in [-0.15, -0.1) is 11.8 Å². The highest BCUT2D eigenvalue weighted by Gasteiger charge is 2.12. The van der Waals surface area contributed by atoms with Crippen LogP contribution in [0.3, 0.4) is 0 Å². The Bertz CT molecular complexity index is 883. The Hall–Kier alpha value is -2.87. The van der Waals surface area contributed by atoms with Crippen molar-refractivity contribution >= 4 is 11.8 Å². The first kappa shape index (κ1) is 19.9. The van der Waals surface area contributed by atoms with E-state index < -0.39 is 0 Å². The molecule has 0 saturated heterocycles. The van der Waals surface area contributed by atoms with Crippen molar-refractivity contribution in [2.75, 3.05) is 33.7 Å². The van der Waals surface area contributed by atoms with Gasteiger partial charge in [-0.1, -0.05) is 5.16 Å². The highest BCUT2D eigenvalue weighted by Crippen LogP contribution is 2.31. The lowest BCUT2D eigenvalue weighted by molar-refractivity contribution is 0.342. The second-order valence-electron chi connectivity index (χ2n) is 5.66. The number of nitrogens with zero attached hydrogens (tertiary/aromatic N) is 2. The molecule has 0 N–H and O–H groups in total. The highest BCUT2D eigenvalue weighted by atomic mass is 32.2. The highest BCUT2D eigenvalue weighted by molar-refractivity contribution is 7.98. The van der Waals surface area contributed by atoms with E-state index in [-0.39, 0.29) is 0 Å². The summed E-state index contributed by atoms with van der Waals surface area (Å²) in [5.74, 6) is 5.41. The number of benzene rings is 2. The van der Waals surface area contributed by atoms with Crippen molar-refractivity contribution in [1.82, 2.24) is 10.1 Å². The summed E-state index contributed by atoms with van der Waals surface area (Å²) >= 11 is 1.66. The quantitative estimate of drug-likeness (QED) is 0.470. The van der Waals surface area contributed by atoms with Gasteiger partial charge in [-0.25, -0.2) is 0 Å². The predicted octanol–water partition coefficient (Wildman–Crippen LogP) is 4.07. The smallest absolute Gasteiger partial charge is 0.236 e. The minimum Gasteiger partial charge on any atom is -0.497 e. The SMILES string of the molecule is COc1ccc(OCCSCc2nc(-c3ccc(OC)c(OC)c3)no2)cc1. The second-order valence-corrected chi connectivity index (χ2v) is 6.76. The lowest BCUT2D eigenvalue weighted by Crippen LogP contribution is -2.00. The van der Waals surface area contributed by atoms with E-state index in [0.29, 0.717) is 35.6 Å². The van der Waals surface area contributed by atoms with Crippen LogP contribution < -0.4 is 18.9 Å². The summed E-state index contributed by atoms with van der Waals surface area (Å²) in [7, 11) is 4.83. The van der Waals surface area contributed by atoms with E-state index in [2.05, 4.69) is 10.1 Å². The fourth-order valence-electron chi connectivity index (χ4n) is 2.46. The van der Waals surface area contributed by atoms with E-state index in [1.54, 1.807) is 33.1 Å². The zero-order valence-corrected chi connectivity index (χ0v) is 16.8. The predicted molar refractivity (Wildman–Crippen MR) is 107 cm³/mol. The summed E-state index contributed by atoms with van der Waals surface area (Å²) in [5.41, 5.74) is 0.806. The summed E-state index contributed by atoms with van der Waals surface area (Å²) in [6, 6.07) is 13.0. The van der Waals surface area contributed by atoms with E-state index in [1.807, 2.05) is 42.5 Å². The molecule has 0 aliphatic rings. The largest absolute Gasteiger partial charge is 0.497 e. The van der Waals surface area contributed by atoms with Crippen LogP contribution in [0.1, 0.15) is 5.89 Å². The van der Waals surface area contributed by atoms with Crippen molar-refractivity contribution in [3.8, 4) is 34.4 Å². The van der Waals surface area contributed by atoms with Gasteiger partial charge in [0.15, 0.2) is 11.5 Å². The molecule has 0 saturated carbocycles. The van der Waals surface area contributed by atoms with Gasteiger partial charge in [0.1, 0.15) is 11.5 Å². The molecule has 2 aromatic carbocycles. The molecule has 1 heterocycles. The molecule has 0 atom stereocenters. The molecule has 3 aromatic rings. The molecule has 0 radical (unpaired) electrons. The van der Waals surface area contributed by atoms with Crippen LogP contribution in [0.25, 0.3) is 11.4 Å². The van der Waals surface area contributed by atoms with Crippen LogP contribution in [0.4, 0.5) is 0 Å². The monoisotopic (exact) mass is 402 g/mol. The summed E-state index contributed by atoms with van der Waals surface area (Å²) in [6.07, 6.45) is 0. The zero-order chi connectivity index (χ0) is 19.8. The number of hydrogen-bond donors (Lipinski definition) is 0. The second kappa shape index (κ2) is 9.89. The normalized spacial score (nSPS) is 10.5. The van der Waals surface area contributed by atoms with Crippen LogP contribution in [-0.2, 0) is 5.75 Å². The van der Waals surface area contributed by atoms with Gasteiger partial charge in [0, 0.05) is 11.3 Å². The van der Waals surface area contributed by atoms with Crippen LogP contribution >= 0.6 is 11.8 Å². The van der Waals surface area contributed by atoms with Gasteiger partial charge in [0.2, 0.25) is 11.7 Å². The molecule has 7 nitrogen and oxygen atoms in total. The summed E-state index contributed by atoms with van der Waals surface area (Å²) < 4.78 is 26.7. The number of ether oxygens (including phenoxy) is 4. The molecule has 0 bridgehead atoms. The number of thioether (sulfide) groups is 1. The molecule has 0 spiro atoms.